The molecule has 7 nitrogen and oxygen atoms in total. The summed E-state index contributed by atoms with van der Waals surface area (Å²) in [6.45, 7) is 2.96. The van der Waals surface area contributed by atoms with E-state index >= 15 is 0 Å². The fourth-order valence-electron chi connectivity index (χ4n) is 2.62. The molecule has 1 atom stereocenters. The molecule has 0 radical (unpaired) electrons. The first kappa shape index (κ1) is 16.5. The minimum Gasteiger partial charge on any atom is -0.338 e. The number of nitrogens with one attached hydrogen (secondary N) is 2. The lowest BCUT2D eigenvalue weighted by molar-refractivity contribution is -0.128. The highest BCUT2D eigenvalue weighted by atomic mass is 32.2. The number of carbonyl (C=O) groups excluding carboxylic acids is 2. The second-order valence-corrected chi connectivity index (χ2v) is 6.78. The molecular formula is C16H19N5O2S. The lowest BCUT2D eigenvalue weighted by atomic mass is 10.1. The van der Waals surface area contributed by atoms with Gasteiger partial charge >= 0.3 is 0 Å². The Morgan fingerprint density at radius 2 is 2.21 bits per heavy atom. The third-order valence-electron chi connectivity index (χ3n) is 3.78. The lowest BCUT2D eigenvalue weighted by Crippen LogP contribution is -2.28. The van der Waals surface area contributed by atoms with E-state index in [4.69, 9.17) is 0 Å². The maximum Gasteiger partial charge on any atom is 0.232 e. The van der Waals surface area contributed by atoms with Crippen LogP contribution in [-0.2, 0) is 16.1 Å². The number of benzene rings is 1. The van der Waals surface area contributed by atoms with Crippen molar-refractivity contribution in [3.63, 3.8) is 0 Å². The van der Waals surface area contributed by atoms with Crippen LogP contribution in [0.4, 0.5) is 5.95 Å². The van der Waals surface area contributed by atoms with Gasteiger partial charge in [-0.1, -0.05) is 49.0 Å². The zero-order chi connectivity index (χ0) is 16.9. The first-order valence-corrected chi connectivity index (χ1v) is 8.82. The Labute approximate surface area is 144 Å². The Bertz CT molecular complexity index is 718. The van der Waals surface area contributed by atoms with Crippen molar-refractivity contribution in [1.29, 1.82) is 0 Å². The van der Waals surface area contributed by atoms with Crippen molar-refractivity contribution >= 4 is 29.5 Å². The monoisotopic (exact) mass is 345 g/mol. The zero-order valence-electron chi connectivity index (χ0n) is 13.4. The van der Waals surface area contributed by atoms with Crippen molar-refractivity contribution in [3.05, 3.63) is 35.9 Å². The van der Waals surface area contributed by atoms with Crippen molar-refractivity contribution < 1.29 is 9.59 Å². The van der Waals surface area contributed by atoms with Crippen LogP contribution >= 0.6 is 11.8 Å². The molecule has 0 bridgehead atoms. The Kier molecular flexibility index (Phi) is 5.14. The summed E-state index contributed by atoms with van der Waals surface area (Å²) in [6.07, 6.45) is 0.226. The summed E-state index contributed by atoms with van der Waals surface area (Å²) in [7, 11) is 0. The summed E-state index contributed by atoms with van der Waals surface area (Å²) in [6, 6.07) is 9.77. The maximum absolute atomic E-state index is 12.3. The van der Waals surface area contributed by atoms with Gasteiger partial charge in [-0.05, 0) is 11.3 Å². The van der Waals surface area contributed by atoms with Crippen LogP contribution in [0.1, 0.15) is 18.9 Å². The highest BCUT2D eigenvalue weighted by Crippen LogP contribution is 2.21. The summed E-state index contributed by atoms with van der Waals surface area (Å²) in [5, 5.41) is 10.0. The molecule has 8 heteroatoms. The van der Waals surface area contributed by atoms with Gasteiger partial charge in [0, 0.05) is 19.5 Å². The van der Waals surface area contributed by atoms with Gasteiger partial charge in [0.25, 0.3) is 0 Å². The zero-order valence-corrected chi connectivity index (χ0v) is 14.2. The summed E-state index contributed by atoms with van der Waals surface area (Å²) in [4.78, 5) is 30.4. The van der Waals surface area contributed by atoms with Gasteiger partial charge in [0.05, 0.1) is 5.92 Å². The number of H-pyrrole nitrogens is 1. The predicted octanol–water partition coefficient (Wildman–Crippen LogP) is 1.90. The Hall–Kier alpha value is -2.35. The number of thioether (sulfide) groups is 1. The number of rotatable bonds is 6. The maximum atomic E-state index is 12.3. The van der Waals surface area contributed by atoms with E-state index in [0.29, 0.717) is 24.2 Å². The van der Waals surface area contributed by atoms with Crippen molar-refractivity contribution in [1.82, 2.24) is 20.1 Å². The third-order valence-corrected chi connectivity index (χ3v) is 4.51. The van der Waals surface area contributed by atoms with E-state index in [1.54, 1.807) is 4.90 Å². The molecule has 2 N–H and O–H groups in total. The van der Waals surface area contributed by atoms with Crippen LogP contribution in [0.2, 0.25) is 0 Å². The second-order valence-electron chi connectivity index (χ2n) is 5.55. The highest BCUT2D eigenvalue weighted by molar-refractivity contribution is 7.99. The number of carbonyl (C=O) groups is 2. The summed E-state index contributed by atoms with van der Waals surface area (Å²) < 4.78 is 0. The SMILES string of the molecule is CCSc1n[nH]c(NC(=O)C2CC(=O)N(Cc3ccccc3)C2)n1. The first-order chi connectivity index (χ1) is 11.7. The fourth-order valence-corrected chi connectivity index (χ4v) is 3.14. The summed E-state index contributed by atoms with van der Waals surface area (Å²) in [5.74, 6) is 0.608. The molecule has 0 spiro atoms. The average Bonchev–Trinajstić information content (AvgIpc) is 3.16. The van der Waals surface area contributed by atoms with E-state index < -0.39 is 0 Å². The Morgan fingerprint density at radius 3 is 2.96 bits per heavy atom. The standard InChI is InChI=1S/C16H19N5O2S/c1-2-24-16-18-15(19-20-16)17-14(23)12-8-13(22)21(10-12)9-11-6-4-3-5-7-11/h3-7,12H,2,8-10H2,1H3,(H2,17,18,19,20,23). The molecule has 1 unspecified atom stereocenters. The molecule has 1 aliphatic heterocycles. The van der Waals surface area contributed by atoms with E-state index in [-0.39, 0.29) is 24.2 Å². The quantitative estimate of drug-likeness (QED) is 0.780. The van der Waals surface area contributed by atoms with Crippen LogP contribution < -0.4 is 5.32 Å². The molecule has 0 aliphatic carbocycles. The molecule has 126 valence electrons. The molecule has 2 aromatic rings. The number of amides is 2. The largest absolute Gasteiger partial charge is 0.338 e. The number of aromatic amines is 1. The van der Waals surface area contributed by atoms with Gasteiger partial charge in [-0.2, -0.15) is 4.98 Å². The molecule has 0 saturated carbocycles. The number of nitrogens with zero attached hydrogens (tertiary/aromatic N) is 3. The van der Waals surface area contributed by atoms with Crippen molar-refractivity contribution in [2.24, 2.45) is 5.92 Å². The van der Waals surface area contributed by atoms with E-state index in [1.165, 1.54) is 11.8 Å². The van der Waals surface area contributed by atoms with Crippen LogP contribution in [0.5, 0.6) is 0 Å². The normalized spacial score (nSPS) is 17.3. The van der Waals surface area contributed by atoms with Crippen LogP contribution in [0.3, 0.4) is 0 Å². The lowest BCUT2D eigenvalue weighted by Gasteiger charge is -2.16. The molecule has 24 heavy (non-hydrogen) atoms. The van der Waals surface area contributed by atoms with Gasteiger partial charge in [-0.25, -0.2) is 5.10 Å². The van der Waals surface area contributed by atoms with Crippen LogP contribution in [0.25, 0.3) is 0 Å². The summed E-state index contributed by atoms with van der Waals surface area (Å²) >= 11 is 1.49. The van der Waals surface area contributed by atoms with E-state index in [9.17, 15) is 9.59 Å². The predicted molar refractivity (Wildman–Crippen MR) is 91.4 cm³/mol. The molecular weight excluding hydrogens is 326 g/mol. The van der Waals surface area contributed by atoms with Gasteiger partial charge in [0.2, 0.25) is 22.9 Å². The van der Waals surface area contributed by atoms with Gasteiger partial charge < -0.3 is 4.90 Å². The average molecular weight is 345 g/mol. The summed E-state index contributed by atoms with van der Waals surface area (Å²) in [5.41, 5.74) is 1.06. The molecule has 2 heterocycles. The molecule has 1 aromatic heterocycles. The third kappa shape index (κ3) is 3.94. The number of hydrogen-bond acceptors (Lipinski definition) is 5. The molecule has 1 aromatic carbocycles. The van der Waals surface area contributed by atoms with Gasteiger partial charge in [-0.15, -0.1) is 5.10 Å². The molecule has 1 saturated heterocycles. The number of aromatic nitrogens is 3. The first-order valence-electron chi connectivity index (χ1n) is 7.83. The Balaban J connectivity index is 1.57. The molecule has 1 fully saturated rings. The highest BCUT2D eigenvalue weighted by Gasteiger charge is 2.34. The van der Waals surface area contributed by atoms with Gasteiger partial charge in [0.1, 0.15) is 0 Å². The van der Waals surface area contributed by atoms with E-state index in [2.05, 4.69) is 20.5 Å². The molecule has 3 rings (SSSR count). The molecule has 2 amide bonds. The Morgan fingerprint density at radius 1 is 1.42 bits per heavy atom. The second kappa shape index (κ2) is 7.48. The minimum atomic E-state index is -0.367. The van der Waals surface area contributed by atoms with Crippen molar-refractivity contribution in [2.45, 2.75) is 25.0 Å². The fraction of sp³-hybridized carbons (Fsp3) is 0.375. The van der Waals surface area contributed by atoms with Gasteiger partial charge in [-0.3, -0.25) is 14.9 Å². The smallest absolute Gasteiger partial charge is 0.232 e. The number of anilines is 1. The number of likely N-dealkylation sites (tertiary alicyclic amines) is 1. The van der Waals surface area contributed by atoms with E-state index in [1.807, 2.05) is 37.3 Å². The van der Waals surface area contributed by atoms with E-state index in [0.717, 1.165) is 11.3 Å². The van der Waals surface area contributed by atoms with Crippen molar-refractivity contribution in [3.8, 4) is 0 Å². The van der Waals surface area contributed by atoms with Crippen LogP contribution in [-0.4, -0.2) is 44.2 Å². The molecule has 1 aliphatic rings. The number of hydrogen-bond donors (Lipinski definition) is 2. The topological polar surface area (TPSA) is 91.0 Å². The van der Waals surface area contributed by atoms with Crippen LogP contribution in [0, 0.1) is 5.92 Å². The minimum absolute atomic E-state index is 0.00111. The van der Waals surface area contributed by atoms with Gasteiger partial charge in [0.15, 0.2) is 0 Å². The van der Waals surface area contributed by atoms with Crippen LogP contribution in [0.15, 0.2) is 35.5 Å². The van der Waals surface area contributed by atoms with Crippen molar-refractivity contribution in [2.75, 3.05) is 17.6 Å².